The largest absolute Gasteiger partial charge is 0.444 e. The van der Waals surface area contributed by atoms with E-state index in [0.29, 0.717) is 25.0 Å². The van der Waals surface area contributed by atoms with Gasteiger partial charge in [0.15, 0.2) is 0 Å². The Bertz CT molecular complexity index is 1070. The molecule has 0 aromatic carbocycles. The van der Waals surface area contributed by atoms with Crippen LogP contribution in [0.25, 0.3) is 11.0 Å². The topological polar surface area (TPSA) is 89.4 Å². The number of pyridine rings is 1. The van der Waals surface area contributed by atoms with Gasteiger partial charge in [0.05, 0.1) is 0 Å². The number of aromatic nitrogens is 3. The molecule has 1 amide bonds. The molecule has 3 heterocycles. The van der Waals surface area contributed by atoms with Crippen LogP contribution in [0.5, 0.6) is 0 Å². The first kappa shape index (κ1) is 21.2. The molecule has 32 heavy (non-hydrogen) atoms. The maximum Gasteiger partial charge on any atom is 0.410 e. The lowest BCUT2D eigenvalue weighted by atomic mass is 9.95. The minimum Gasteiger partial charge on any atom is -0.444 e. The number of carbonyl (C=O) groups is 1. The zero-order valence-electron chi connectivity index (χ0n) is 19.2. The van der Waals surface area contributed by atoms with E-state index in [4.69, 9.17) is 9.72 Å². The van der Waals surface area contributed by atoms with Crippen LogP contribution in [0.1, 0.15) is 65.3 Å². The Balaban J connectivity index is 1.30. The molecular weight excluding hydrogens is 406 g/mol. The minimum absolute atomic E-state index is 0.0327. The molecule has 1 aliphatic heterocycles. The van der Waals surface area contributed by atoms with Crippen molar-refractivity contribution < 1.29 is 9.53 Å². The lowest BCUT2D eigenvalue weighted by molar-refractivity contribution is 0.0210. The number of hydrogen-bond acceptors (Lipinski definition) is 6. The van der Waals surface area contributed by atoms with Gasteiger partial charge in [-0.3, -0.25) is 9.36 Å². The third-order valence-electron chi connectivity index (χ3n) is 7.18. The Morgan fingerprint density at radius 2 is 1.91 bits per heavy atom. The van der Waals surface area contributed by atoms with Gasteiger partial charge in [-0.25, -0.2) is 9.78 Å². The van der Waals surface area contributed by atoms with E-state index in [9.17, 15) is 9.59 Å². The number of likely N-dealkylation sites (tertiary alicyclic amines) is 1. The van der Waals surface area contributed by atoms with Crippen molar-refractivity contribution in [2.75, 3.05) is 18.4 Å². The molecule has 5 rings (SSSR count). The molecule has 1 saturated heterocycles. The fraction of sp³-hybridized carbons (Fsp3) is 0.667. The number of nitrogens with one attached hydrogen (secondary N) is 1. The summed E-state index contributed by atoms with van der Waals surface area (Å²) < 4.78 is 7.41. The van der Waals surface area contributed by atoms with Gasteiger partial charge in [-0.1, -0.05) is 6.42 Å². The van der Waals surface area contributed by atoms with Gasteiger partial charge >= 0.3 is 6.09 Å². The minimum atomic E-state index is -0.486. The van der Waals surface area contributed by atoms with E-state index in [0.717, 1.165) is 36.2 Å². The predicted octanol–water partition coefficient (Wildman–Crippen LogP) is 3.96. The summed E-state index contributed by atoms with van der Waals surface area (Å²) in [7, 11) is 0. The fourth-order valence-corrected chi connectivity index (χ4v) is 5.67. The van der Waals surface area contributed by atoms with Gasteiger partial charge in [-0.2, -0.15) is 4.98 Å². The lowest BCUT2D eigenvalue weighted by Gasteiger charge is -2.33. The maximum absolute atomic E-state index is 12.8. The highest BCUT2D eigenvalue weighted by molar-refractivity contribution is 5.75. The second kappa shape index (κ2) is 8.05. The molecule has 0 spiro atoms. The maximum atomic E-state index is 12.8. The first-order valence-electron chi connectivity index (χ1n) is 11.9. The highest BCUT2D eigenvalue weighted by atomic mass is 16.6. The highest BCUT2D eigenvalue weighted by Gasteiger charge is 2.41. The Labute approximate surface area is 188 Å². The molecule has 2 saturated carbocycles. The van der Waals surface area contributed by atoms with E-state index in [1.54, 1.807) is 11.0 Å². The molecule has 2 aromatic rings. The van der Waals surface area contributed by atoms with E-state index in [1.807, 2.05) is 37.6 Å². The molecule has 172 valence electrons. The Morgan fingerprint density at radius 1 is 1.12 bits per heavy atom. The number of ether oxygens (including phenoxy) is 1. The van der Waals surface area contributed by atoms with Gasteiger partial charge in [0.25, 0.3) is 5.56 Å². The number of carbonyl (C=O) groups excluding carboxylic acids is 1. The van der Waals surface area contributed by atoms with Gasteiger partial charge in [-0.15, -0.1) is 0 Å². The van der Waals surface area contributed by atoms with Crippen molar-refractivity contribution in [1.29, 1.82) is 0 Å². The summed E-state index contributed by atoms with van der Waals surface area (Å²) in [5.74, 6) is 1.89. The molecule has 3 fully saturated rings. The third kappa shape index (κ3) is 4.19. The Hall–Kier alpha value is -2.64. The Morgan fingerprint density at radius 3 is 2.56 bits per heavy atom. The first-order valence-corrected chi connectivity index (χ1v) is 11.9. The van der Waals surface area contributed by atoms with Crippen LogP contribution in [0.4, 0.5) is 10.7 Å². The summed E-state index contributed by atoms with van der Waals surface area (Å²) >= 11 is 0. The van der Waals surface area contributed by atoms with Gasteiger partial charge in [0.2, 0.25) is 5.95 Å². The summed E-state index contributed by atoms with van der Waals surface area (Å²) in [6.07, 6.45) is 7.98. The average molecular weight is 440 g/mol. The third-order valence-corrected chi connectivity index (χ3v) is 7.18. The van der Waals surface area contributed by atoms with Gasteiger partial charge in [0.1, 0.15) is 11.2 Å². The number of piperidine rings is 1. The molecule has 3 aliphatic rings. The van der Waals surface area contributed by atoms with E-state index in [-0.39, 0.29) is 23.7 Å². The van der Waals surface area contributed by atoms with Crippen molar-refractivity contribution >= 4 is 23.1 Å². The smallest absolute Gasteiger partial charge is 0.410 e. The second-order valence-corrected chi connectivity index (χ2v) is 10.6. The lowest BCUT2D eigenvalue weighted by Crippen LogP contribution is -2.44. The van der Waals surface area contributed by atoms with Gasteiger partial charge in [0, 0.05) is 42.8 Å². The van der Waals surface area contributed by atoms with Crippen LogP contribution in [-0.4, -0.2) is 50.3 Å². The van der Waals surface area contributed by atoms with Crippen molar-refractivity contribution in [3.05, 3.63) is 28.7 Å². The molecule has 8 nitrogen and oxygen atoms in total. The van der Waals surface area contributed by atoms with E-state index < -0.39 is 5.60 Å². The van der Waals surface area contributed by atoms with Crippen LogP contribution in [-0.2, 0) is 4.74 Å². The van der Waals surface area contributed by atoms with Crippen molar-refractivity contribution in [2.45, 2.75) is 77.0 Å². The molecule has 8 heteroatoms. The summed E-state index contributed by atoms with van der Waals surface area (Å²) in [5.41, 5.74) is 0.281. The fourth-order valence-electron chi connectivity index (χ4n) is 5.67. The van der Waals surface area contributed by atoms with Crippen molar-refractivity contribution in [3.63, 3.8) is 0 Å². The van der Waals surface area contributed by atoms with E-state index in [2.05, 4.69) is 10.3 Å². The molecular formula is C24H33N5O3. The van der Waals surface area contributed by atoms with Crippen LogP contribution in [0, 0.1) is 11.8 Å². The molecule has 2 aromatic heterocycles. The molecule has 1 N–H and O–H groups in total. The van der Waals surface area contributed by atoms with Crippen LogP contribution in [0.3, 0.4) is 0 Å². The molecule has 3 atom stereocenters. The zero-order chi connectivity index (χ0) is 22.5. The van der Waals surface area contributed by atoms with Crippen LogP contribution >= 0.6 is 0 Å². The van der Waals surface area contributed by atoms with Gasteiger partial charge < -0.3 is 15.0 Å². The van der Waals surface area contributed by atoms with Crippen molar-refractivity contribution in [2.24, 2.45) is 11.8 Å². The van der Waals surface area contributed by atoms with Gasteiger partial charge in [-0.05, 0) is 70.8 Å². The number of fused-ring (bicyclic) bond motifs is 3. The average Bonchev–Trinajstić information content (AvgIpc) is 3.36. The molecule has 0 radical (unpaired) electrons. The normalized spacial score (nSPS) is 26.0. The van der Waals surface area contributed by atoms with E-state index >= 15 is 0 Å². The predicted molar refractivity (Wildman–Crippen MR) is 123 cm³/mol. The Kier molecular flexibility index (Phi) is 5.34. The van der Waals surface area contributed by atoms with Crippen LogP contribution < -0.4 is 10.9 Å². The van der Waals surface area contributed by atoms with Crippen LogP contribution in [0.2, 0.25) is 0 Å². The summed E-state index contributed by atoms with van der Waals surface area (Å²) in [6, 6.07) is 3.91. The summed E-state index contributed by atoms with van der Waals surface area (Å²) in [5, 5.41) is 4.34. The highest BCUT2D eigenvalue weighted by Crippen LogP contribution is 2.50. The number of nitrogens with zero attached hydrogens (tertiary/aromatic N) is 4. The zero-order valence-corrected chi connectivity index (χ0v) is 19.2. The van der Waals surface area contributed by atoms with Crippen molar-refractivity contribution in [1.82, 2.24) is 19.4 Å². The molecule has 2 bridgehead atoms. The number of anilines is 1. The van der Waals surface area contributed by atoms with Crippen molar-refractivity contribution in [3.8, 4) is 0 Å². The monoisotopic (exact) mass is 439 g/mol. The molecule has 0 unspecified atom stereocenters. The first-order chi connectivity index (χ1) is 15.3. The second-order valence-electron chi connectivity index (χ2n) is 10.6. The standard InChI is InChI=1S/C24H33N5O3/c1-24(2,3)32-23(31)28-10-8-18(9-11-28)26-22-25-14-17-6-7-20(30)29(21(17)27-22)19-13-15-4-5-16(19)12-15/h6-7,14-16,18-19H,4-5,8-13H2,1-3H3,(H,25,26,27)/t15-,16+,19+/m1/s1. The number of rotatable bonds is 3. The number of hydrogen-bond donors (Lipinski definition) is 1. The number of amides is 1. The SMILES string of the molecule is CC(C)(C)OC(=O)N1CCC(Nc2ncc3ccc(=O)n([C@H]4C[C@@H]5CC[C@H]4C5)c3n2)CC1. The quantitative estimate of drug-likeness (QED) is 0.779. The summed E-state index contributed by atoms with van der Waals surface area (Å²) in [6.45, 7) is 6.91. The van der Waals surface area contributed by atoms with E-state index in [1.165, 1.54) is 19.3 Å². The van der Waals surface area contributed by atoms with Crippen LogP contribution in [0.15, 0.2) is 23.1 Å². The summed E-state index contributed by atoms with van der Waals surface area (Å²) in [4.78, 5) is 36.2. The molecule has 2 aliphatic carbocycles.